The minimum absolute atomic E-state index is 0.111. The third-order valence-electron chi connectivity index (χ3n) is 3.00. The lowest BCUT2D eigenvalue weighted by molar-refractivity contribution is -0.384. The van der Waals surface area contributed by atoms with Gasteiger partial charge in [-0.05, 0) is 13.3 Å². The van der Waals surface area contributed by atoms with Crippen molar-refractivity contribution >= 4 is 17.5 Å². The average molecular weight is 270 g/mol. The summed E-state index contributed by atoms with van der Waals surface area (Å²) in [5.74, 6) is -0.835. The third kappa shape index (κ3) is 2.83. The summed E-state index contributed by atoms with van der Waals surface area (Å²) in [6, 6.07) is -0.872. The predicted molar refractivity (Wildman–Crippen MR) is 69.4 cm³/mol. The summed E-state index contributed by atoms with van der Waals surface area (Å²) in [7, 11) is 3.09. The smallest absolute Gasteiger partial charge is 0.334 e. The van der Waals surface area contributed by atoms with Crippen molar-refractivity contribution in [1.82, 2.24) is 9.78 Å². The Hall–Kier alpha value is -2.12. The van der Waals surface area contributed by atoms with Crippen LogP contribution in [0.25, 0.3) is 0 Å². The van der Waals surface area contributed by atoms with Gasteiger partial charge in [-0.3, -0.25) is 10.1 Å². The van der Waals surface area contributed by atoms with E-state index >= 15 is 0 Å². The van der Waals surface area contributed by atoms with Crippen LogP contribution in [0.5, 0.6) is 0 Å². The maximum Gasteiger partial charge on any atom is 0.334 e. The first-order valence-electron chi connectivity index (χ1n) is 5.97. The highest BCUT2D eigenvalue weighted by molar-refractivity contribution is 5.78. The lowest BCUT2D eigenvalue weighted by Gasteiger charge is -2.22. The number of nitro groups is 1. The van der Waals surface area contributed by atoms with Gasteiger partial charge in [-0.1, -0.05) is 13.3 Å². The summed E-state index contributed by atoms with van der Waals surface area (Å²) >= 11 is 0. The lowest BCUT2D eigenvalue weighted by atomic mass is 10.2. The third-order valence-corrected chi connectivity index (χ3v) is 3.00. The first-order chi connectivity index (χ1) is 8.81. The maximum absolute atomic E-state index is 11.2. The molecule has 0 aliphatic heterocycles. The molecule has 0 fully saturated rings. The van der Waals surface area contributed by atoms with Gasteiger partial charge in [-0.25, -0.2) is 9.48 Å². The van der Waals surface area contributed by atoms with Crippen LogP contribution < -0.4 is 4.90 Å². The molecule has 1 heterocycles. The average Bonchev–Trinajstić information content (AvgIpc) is 2.64. The zero-order valence-electron chi connectivity index (χ0n) is 11.5. The Morgan fingerprint density at radius 2 is 2.21 bits per heavy atom. The van der Waals surface area contributed by atoms with Gasteiger partial charge in [0.2, 0.25) is 5.82 Å². The molecule has 1 atom stereocenters. The number of rotatable bonds is 6. The Kier molecular flexibility index (Phi) is 4.47. The number of carboxylic acids is 1. The molecule has 0 radical (unpaired) electrons. The van der Waals surface area contributed by atoms with Gasteiger partial charge in [0.25, 0.3) is 0 Å². The number of hydrogen-bond acceptors (Lipinski definition) is 5. The molecule has 1 unspecified atom stereocenters. The van der Waals surface area contributed by atoms with Crippen molar-refractivity contribution in [3.8, 4) is 0 Å². The van der Waals surface area contributed by atoms with E-state index in [2.05, 4.69) is 5.10 Å². The van der Waals surface area contributed by atoms with Gasteiger partial charge in [-0.2, -0.15) is 5.10 Å². The normalized spacial score (nSPS) is 12.2. The monoisotopic (exact) mass is 270 g/mol. The van der Waals surface area contributed by atoms with Crippen LogP contribution in [0.1, 0.15) is 26.0 Å². The second-order valence-electron chi connectivity index (χ2n) is 4.37. The number of anilines is 1. The minimum atomic E-state index is -1.05. The molecule has 0 spiro atoms. The molecule has 0 amide bonds. The van der Waals surface area contributed by atoms with Crippen molar-refractivity contribution < 1.29 is 14.8 Å². The predicted octanol–water partition coefficient (Wildman–Crippen LogP) is 1.19. The van der Waals surface area contributed by atoms with Crippen LogP contribution >= 0.6 is 0 Å². The molecule has 0 aliphatic carbocycles. The molecule has 1 aromatic heterocycles. The van der Waals surface area contributed by atoms with E-state index in [4.69, 9.17) is 5.11 Å². The Labute approximate surface area is 110 Å². The van der Waals surface area contributed by atoms with E-state index in [1.807, 2.05) is 6.92 Å². The fourth-order valence-corrected chi connectivity index (χ4v) is 1.89. The summed E-state index contributed by atoms with van der Waals surface area (Å²) in [6.45, 7) is 3.38. The number of aliphatic carboxylic acids is 1. The quantitative estimate of drug-likeness (QED) is 0.615. The summed E-state index contributed by atoms with van der Waals surface area (Å²) in [6.07, 6.45) is 1.22. The van der Waals surface area contributed by atoms with Crippen molar-refractivity contribution in [2.75, 3.05) is 11.9 Å². The molecular weight excluding hydrogens is 252 g/mol. The number of nitrogens with zero attached hydrogens (tertiary/aromatic N) is 4. The van der Waals surface area contributed by atoms with E-state index in [0.29, 0.717) is 12.1 Å². The Bertz CT molecular complexity index is 497. The molecule has 0 aromatic carbocycles. The summed E-state index contributed by atoms with van der Waals surface area (Å²) in [5.41, 5.74) is 0.273. The maximum atomic E-state index is 11.2. The summed E-state index contributed by atoms with van der Waals surface area (Å²) < 4.78 is 1.36. The minimum Gasteiger partial charge on any atom is -0.480 e. The SMILES string of the molecule is CCCc1nn(C)c(N(C)C(C)C(=O)O)c1[N+](=O)[O-]. The van der Waals surface area contributed by atoms with Crippen molar-refractivity contribution in [2.45, 2.75) is 32.7 Å². The molecular formula is C11H18N4O4. The highest BCUT2D eigenvalue weighted by atomic mass is 16.6. The molecule has 0 saturated carbocycles. The van der Waals surface area contributed by atoms with Crippen LogP contribution in [-0.4, -0.2) is 38.9 Å². The molecule has 1 rings (SSSR count). The number of carbonyl (C=O) groups is 1. The topological polar surface area (TPSA) is 102 Å². The first-order valence-corrected chi connectivity index (χ1v) is 5.97. The van der Waals surface area contributed by atoms with Crippen LogP contribution in [0, 0.1) is 10.1 Å². The van der Waals surface area contributed by atoms with Crippen molar-refractivity contribution in [1.29, 1.82) is 0 Å². The first kappa shape index (κ1) is 14.9. The highest BCUT2D eigenvalue weighted by Crippen LogP contribution is 2.32. The van der Waals surface area contributed by atoms with Gasteiger partial charge in [0, 0.05) is 14.1 Å². The molecule has 8 heteroatoms. The van der Waals surface area contributed by atoms with E-state index in [0.717, 1.165) is 6.42 Å². The highest BCUT2D eigenvalue weighted by Gasteiger charge is 2.32. The van der Waals surface area contributed by atoms with E-state index in [1.165, 1.54) is 23.6 Å². The van der Waals surface area contributed by atoms with Gasteiger partial charge in [0.1, 0.15) is 11.7 Å². The van der Waals surface area contributed by atoms with Crippen molar-refractivity contribution in [3.63, 3.8) is 0 Å². The molecule has 0 saturated heterocycles. The largest absolute Gasteiger partial charge is 0.480 e. The second-order valence-corrected chi connectivity index (χ2v) is 4.37. The van der Waals surface area contributed by atoms with Gasteiger partial charge in [0.15, 0.2) is 0 Å². The Morgan fingerprint density at radius 3 is 2.63 bits per heavy atom. The fraction of sp³-hybridized carbons (Fsp3) is 0.636. The van der Waals surface area contributed by atoms with E-state index < -0.39 is 16.9 Å². The zero-order valence-corrected chi connectivity index (χ0v) is 11.5. The Balaban J connectivity index is 3.33. The van der Waals surface area contributed by atoms with Crippen LogP contribution in [0.2, 0.25) is 0 Å². The molecule has 8 nitrogen and oxygen atoms in total. The van der Waals surface area contributed by atoms with Crippen LogP contribution in [-0.2, 0) is 18.3 Å². The van der Waals surface area contributed by atoms with Gasteiger partial charge >= 0.3 is 11.7 Å². The second kappa shape index (κ2) is 5.68. The number of carboxylic acid groups (broad SMARTS) is 1. The summed E-state index contributed by atoms with van der Waals surface area (Å²) in [4.78, 5) is 23.1. The van der Waals surface area contributed by atoms with Gasteiger partial charge < -0.3 is 10.0 Å². The van der Waals surface area contributed by atoms with Crippen LogP contribution in [0.15, 0.2) is 0 Å². The molecule has 1 aromatic rings. The zero-order chi connectivity index (χ0) is 14.7. The molecule has 0 bridgehead atoms. The molecule has 1 N–H and O–H groups in total. The molecule has 106 valence electrons. The Morgan fingerprint density at radius 1 is 1.63 bits per heavy atom. The molecule has 0 aliphatic rings. The standard InChI is InChI=1S/C11H18N4O4/c1-5-6-8-9(15(18)19)10(14(4)12-8)13(3)7(2)11(16)17/h7H,5-6H2,1-4H3,(H,16,17). The summed E-state index contributed by atoms with van der Waals surface area (Å²) in [5, 5.41) is 24.3. The van der Waals surface area contributed by atoms with Gasteiger partial charge in [-0.15, -0.1) is 0 Å². The van der Waals surface area contributed by atoms with Crippen LogP contribution in [0.4, 0.5) is 11.5 Å². The number of aryl methyl sites for hydroxylation is 2. The fourth-order valence-electron chi connectivity index (χ4n) is 1.89. The van der Waals surface area contributed by atoms with Crippen molar-refractivity contribution in [2.24, 2.45) is 7.05 Å². The number of hydrogen-bond donors (Lipinski definition) is 1. The van der Waals surface area contributed by atoms with Gasteiger partial charge in [0.05, 0.1) is 4.92 Å². The number of likely N-dealkylation sites (N-methyl/N-ethyl adjacent to an activating group) is 1. The van der Waals surface area contributed by atoms with E-state index in [-0.39, 0.29) is 11.5 Å². The molecule has 19 heavy (non-hydrogen) atoms. The number of aromatic nitrogens is 2. The van der Waals surface area contributed by atoms with E-state index in [1.54, 1.807) is 7.05 Å². The van der Waals surface area contributed by atoms with E-state index in [9.17, 15) is 14.9 Å². The van der Waals surface area contributed by atoms with Crippen molar-refractivity contribution in [3.05, 3.63) is 15.8 Å². The lowest BCUT2D eigenvalue weighted by Crippen LogP contribution is -2.37. The van der Waals surface area contributed by atoms with Crippen LogP contribution in [0.3, 0.4) is 0 Å².